The molecule has 0 aliphatic carbocycles. The Morgan fingerprint density at radius 3 is 1.95 bits per heavy atom. The Balaban J connectivity index is 0.000000190. The van der Waals surface area contributed by atoms with Gasteiger partial charge in [-0.25, -0.2) is 0 Å². The number of hydrogen-bond donors (Lipinski definition) is 2. The van der Waals surface area contributed by atoms with E-state index in [2.05, 4.69) is 0 Å². The van der Waals surface area contributed by atoms with E-state index in [-0.39, 0.29) is 12.2 Å². The highest BCUT2D eigenvalue weighted by Gasteiger charge is 2.26. The largest absolute Gasteiger partial charge is 0.393 e. The zero-order chi connectivity index (χ0) is 14.1. The van der Waals surface area contributed by atoms with Crippen LogP contribution < -0.4 is 0 Å². The monoisotopic (exact) mass is 276 g/mol. The molecule has 5 nitrogen and oxygen atoms in total. The molecule has 0 spiro atoms. The van der Waals surface area contributed by atoms with Crippen molar-refractivity contribution in [2.75, 3.05) is 26.4 Å². The zero-order valence-corrected chi connectivity index (χ0v) is 12.1. The number of aliphatic hydroxyl groups excluding tert-OH is 2. The van der Waals surface area contributed by atoms with Crippen molar-refractivity contribution in [3.63, 3.8) is 0 Å². The van der Waals surface area contributed by atoms with Crippen molar-refractivity contribution < 1.29 is 24.4 Å². The fraction of sp³-hybridized carbons (Fsp3) is 1.00. The molecular formula is C14H28O5. The van der Waals surface area contributed by atoms with E-state index in [1.165, 1.54) is 0 Å². The highest BCUT2D eigenvalue weighted by atomic mass is 16.6. The highest BCUT2D eigenvalue weighted by molar-refractivity contribution is 4.71. The quantitative estimate of drug-likeness (QED) is 0.617. The maximum atomic E-state index is 9.19. The van der Waals surface area contributed by atoms with Gasteiger partial charge in [0.05, 0.1) is 38.6 Å². The van der Waals surface area contributed by atoms with Gasteiger partial charge in [0.2, 0.25) is 0 Å². The third kappa shape index (κ3) is 10.3. The molecule has 0 saturated carbocycles. The lowest BCUT2D eigenvalue weighted by molar-refractivity contribution is 0.0733. The molecule has 0 bridgehead atoms. The molecule has 2 fully saturated rings. The molecule has 2 rings (SSSR count). The minimum atomic E-state index is -0.318. The molecule has 2 saturated heterocycles. The van der Waals surface area contributed by atoms with Gasteiger partial charge in [0.25, 0.3) is 0 Å². The number of aliphatic hydroxyl groups is 2. The second-order valence-corrected chi connectivity index (χ2v) is 5.19. The first-order valence-electron chi connectivity index (χ1n) is 7.32. The SMILES string of the molecule is C(OCC1CO1)C1CO1.CCCC(O)CC(O)CC. The summed E-state index contributed by atoms with van der Waals surface area (Å²) in [5.74, 6) is 0. The molecule has 19 heavy (non-hydrogen) atoms. The first-order valence-corrected chi connectivity index (χ1v) is 7.32. The van der Waals surface area contributed by atoms with Crippen molar-refractivity contribution in [3.05, 3.63) is 0 Å². The maximum Gasteiger partial charge on any atom is 0.104 e. The van der Waals surface area contributed by atoms with Crippen molar-refractivity contribution in [3.8, 4) is 0 Å². The average Bonchev–Trinajstić information content (AvgIpc) is 3.24. The standard InChI is InChI=1S/C8H18O2.C6H10O3/c1-3-5-8(10)6-7(9)4-2;1(5-3-8-5)7-2-6-4-9-6/h7-10H,3-6H2,1-2H3;5-6H,1-4H2. The van der Waals surface area contributed by atoms with E-state index in [0.29, 0.717) is 18.6 Å². The van der Waals surface area contributed by atoms with E-state index >= 15 is 0 Å². The molecule has 2 aliphatic rings. The third-order valence-electron chi connectivity index (χ3n) is 3.05. The smallest absolute Gasteiger partial charge is 0.104 e. The Morgan fingerprint density at radius 2 is 1.58 bits per heavy atom. The second kappa shape index (κ2) is 9.66. The summed E-state index contributed by atoms with van der Waals surface area (Å²) in [6.45, 7) is 7.21. The zero-order valence-electron chi connectivity index (χ0n) is 12.1. The molecule has 5 heteroatoms. The van der Waals surface area contributed by atoms with E-state index < -0.39 is 0 Å². The van der Waals surface area contributed by atoms with Crippen LogP contribution in [0.15, 0.2) is 0 Å². The van der Waals surface area contributed by atoms with Gasteiger partial charge in [-0.1, -0.05) is 20.3 Å². The predicted octanol–water partition coefficient (Wildman–Crippen LogP) is 1.11. The molecule has 2 heterocycles. The van der Waals surface area contributed by atoms with Crippen molar-refractivity contribution in [2.45, 2.75) is 63.9 Å². The van der Waals surface area contributed by atoms with E-state index in [1.54, 1.807) is 0 Å². The summed E-state index contributed by atoms with van der Waals surface area (Å²) < 4.78 is 15.1. The van der Waals surface area contributed by atoms with Crippen molar-refractivity contribution in [1.29, 1.82) is 0 Å². The van der Waals surface area contributed by atoms with Crippen LogP contribution in [0.1, 0.15) is 39.5 Å². The minimum absolute atomic E-state index is 0.306. The lowest BCUT2D eigenvalue weighted by Crippen LogP contribution is -2.16. The summed E-state index contributed by atoms with van der Waals surface area (Å²) in [7, 11) is 0. The molecule has 114 valence electrons. The summed E-state index contributed by atoms with van der Waals surface area (Å²) >= 11 is 0. The molecular weight excluding hydrogens is 248 g/mol. The predicted molar refractivity (Wildman–Crippen MR) is 72.1 cm³/mol. The van der Waals surface area contributed by atoms with E-state index in [0.717, 1.165) is 45.7 Å². The van der Waals surface area contributed by atoms with Crippen molar-refractivity contribution in [2.24, 2.45) is 0 Å². The van der Waals surface area contributed by atoms with Gasteiger partial charge >= 0.3 is 0 Å². The van der Waals surface area contributed by atoms with Crippen LogP contribution in [0.3, 0.4) is 0 Å². The lowest BCUT2D eigenvalue weighted by atomic mass is 10.1. The number of rotatable bonds is 9. The molecule has 4 unspecified atom stereocenters. The second-order valence-electron chi connectivity index (χ2n) is 5.19. The Bertz CT molecular complexity index is 204. The Hall–Kier alpha value is -0.200. The van der Waals surface area contributed by atoms with Gasteiger partial charge in [-0.15, -0.1) is 0 Å². The normalized spacial score (nSPS) is 27.2. The van der Waals surface area contributed by atoms with Gasteiger partial charge in [-0.05, 0) is 19.3 Å². The fourth-order valence-electron chi connectivity index (χ4n) is 1.59. The molecule has 0 amide bonds. The highest BCUT2D eigenvalue weighted by Crippen LogP contribution is 2.12. The first kappa shape index (κ1) is 16.9. The van der Waals surface area contributed by atoms with Gasteiger partial charge in [-0.3, -0.25) is 0 Å². The van der Waals surface area contributed by atoms with Crippen LogP contribution in [-0.2, 0) is 14.2 Å². The van der Waals surface area contributed by atoms with Crippen molar-refractivity contribution in [1.82, 2.24) is 0 Å². The minimum Gasteiger partial charge on any atom is -0.393 e. The van der Waals surface area contributed by atoms with E-state index in [1.807, 2.05) is 13.8 Å². The first-order chi connectivity index (χ1) is 9.15. The Kier molecular flexibility index (Phi) is 8.57. The molecule has 0 aromatic heterocycles. The summed E-state index contributed by atoms with van der Waals surface area (Å²) in [4.78, 5) is 0. The number of hydrogen-bond acceptors (Lipinski definition) is 5. The molecule has 4 atom stereocenters. The fourth-order valence-corrected chi connectivity index (χ4v) is 1.59. The van der Waals surface area contributed by atoms with Crippen LogP contribution in [0.25, 0.3) is 0 Å². The molecule has 0 aromatic carbocycles. The Labute approximate surface area is 115 Å². The summed E-state index contributed by atoms with van der Waals surface area (Å²) in [6, 6.07) is 0. The number of ether oxygens (including phenoxy) is 3. The van der Waals surface area contributed by atoms with Gasteiger partial charge in [0.15, 0.2) is 0 Å². The Morgan fingerprint density at radius 1 is 1.05 bits per heavy atom. The van der Waals surface area contributed by atoms with Gasteiger partial charge in [-0.2, -0.15) is 0 Å². The van der Waals surface area contributed by atoms with E-state index in [4.69, 9.17) is 19.3 Å². The van der Waals surface area contributed by atoms with Crippen LogP contribution in [0.4, 0.5) is 0 Å². The van der Waals surface area contributed by atoms with Crippen LogP contribution in [0, 0.1) is 0 Å². The third-order valence-corrected chi connectivity index (χ3v) is 3.05. The van der Waals surface area contributed by atoms with E-state index in [9.17, 15) is 5.11 Å². The van der Waals surface area contributed by atoms with Crippen LogP contribution in [0.2, 0.25) is 0 Å². The topological polar surface area (TPSA) is 74.8 Å². The molecule has 0 radical (unpaired) electrons. The molecule has 0 aromatic rings. The lowest BCUT2D eigenvalue weighted by Gasteiger charge is -2.12. The maximum absolute atomic E-state index is 9.19. The molecule has 2 N–H and O–H groups in total. The van der Waals surface area contributed by atoms with Crippen LogP contribution in [-0.4, -0.2) is 61.1 Å². The van der Waals surface area contributed by atoms with Crippen LogP contribution in [0.5, 0.6) is 0 Å². The van der Waals surface area contributed by atoms with Crippen LogP contribution >= 0.6 is 0 Å². The van der Waals surface area contributed by atoms with Crippen molar-refractivity contribution >= 4 is 0 Å². The summed E-state index contributed by atoms with van der Waals surface area (Å²) in [5.41, 5.74) is 0. The average molecular weight is 276 g/mol. The van der Waals surface area contributed by atoms with Gasteiger partial charge in [0, 0.05) is 0 Å². The number of epoxide rings is 2. The van der Waals surface area contributed by atoms with Gasteiger partial charge < -0.3 is 24.4 Å². The molecule has 2 aliphatic heterocycles. The van der Waals surface area contributed by atoms with Gasteiger partial charge in [0.1, 0.15) is 12.2 Å². The summed E-state index contributed by atoms with van der Waals surface area (Å²) in [6.07, 6.45) is 3.22. The summed E-state index contributed by atoms with van der Waals surface area (Å²) in [5, 5.41) is 18.3.